The van der Waals surface area contributed by atoms with E-state index in [4.69, 9.17) is 0 Å². The summed E-state index contributed by atoms with van der Waals surface area (Å²) in [7, 11) is 0. The number of carboxylic acids is 1. The smallest absolute Gasteiger partial charge is 0.331 e. The number of aromatic nitrogens is 1. The number of aliphatic carboxylic acids is 1. The number of carbonyl (C=O) groups excluding carboxylic acids is 1. The minimum absolute atomic E-state index is 0.354. The van der Waals surface area contributed by atoms with Crippen molar-refractivity contribution in [1.29, 1.82) is 0 Å². The molecule has 1 atom stereocenters. The van der Waals surface area contributed by atoms with Gasteiger partial charge < -0.3 is 15.3 Å². The summed E-state index contributed by atoms with van der Waals surface area (Å²) in [5, 5.41) is 14.1. The first-order valence-corrected chi connectivity index (χ1v) is 8.13. The van der Waals surface area contributed by atoms with E-state index >= 15 is 0 Å². The molecule has 0 saturated heterocycles. The van der Waals surface area contributed by atoms with Gasteiger partial charge in [0, 0.05) is 22.5 Å². The largest absolute Gasteiger partial charge is 0.479 e. The molecule has 0 spiro atoms. The Labute approximate surface area is 129 Å². The highest BCUT2D eigenvalue weighted by molar-refractivity contribution is 7.10. The number of carbonyl (C=O) groups is 2. The standard InChI is InChI=1S/C13H13N3O3S2/c17-12(18)11-9-2-4-20-10(9)1-3-16(11)13(19)15-6-8-5-14-7-21-8/h2,4-5,7,11H,1,3,6H2,(H,15,19)(H,17,18). The van der Waals surface area contributed by atoms with Gasteiger partial charge in [0.05, 0.1) is 12.1 Å². The average Bonchev–Trinajstić information content (AvgIpc) is 3.14. The van der Waals surface area contributed by atoms with Gasteiger partial charge in [0.25, 0.3) is 0 Å². The van der Waals surface area contributed by atoms with Crippen molar-refractivity contribution in [3.05, 3.63) is 38.5 Å². The third-order valence-corrected chi connectivity index (χ3v) is 5.13. The Morgan fingerprint density at radius 2 is 2.33 bits per heavy atom. The highest BCUT2D eigenvalue weighted by Gasteiger charge is 2.36. The minimum Gasteiger partial charge on any atom is -0.479 e. The van der Waals surface area contributed by atoms with Crippen LogP contribution in [0.3, 0.4) is 0 Å². The van der Waals surface area contributed by atoms with Gasteiger partial charge in [-0.1, -0.05) is 0 Å². The van der Waals surface area contributed by atoms with E-state index in [9.17, 15) is 14.7 Å². The van der Waals surface area contributed by atoms with E-state index in [2.05, 4.69) is 10.3 Å². The molecule has 6 nitrogen and oxygen atoms in total. The second-order valence-corrected chi connectivity index (χ2v) is 6.58. The van der Waals surface area contributed by atoms with E-state index in [1.165, 1.54) is 16.2 Å². The third-order valence-electron chi connectivity index (χ3n) is 3.36. The van der Waals surface area contributed by atoms with E-state index in [-0.39, 0.29) is 6.03 Å². The van der Waals surface area contributed by atoms with Crippen molar-refractivity contribution in [1.82, 2.24) is 15.2 Å². The van der Waals surface area contributed by atoms with Gasteiger partial charge in [-0.05, 0) is 23.4 Å². The number of nitrogens with one attached hydrogen (secondary N) is 1. The van der Waals surface area contributed by atoms with Gasteiger partial charge in [0.2, 0.25) is 0 Å². The summed E-state index contributed by atoms with van der Waals surface area (Å²) in [5.74, 6) is -0.998. The third kappa shape index (κ3) is 2.77. The lowest BCUT2D eigenvalue weighted by Crippen LogP contribution is -2.47. The van der Waals surface area contributed by atoms with Gasteiger partial charge in [-0.2, -0.15) is 0 Å². The van der Waals surface area contributed by atoms with Gasteiger partial charge in [-0.15, -0.1) is 22.7 Å². The summed E-state index contributed by atoms with van der Waals surface area (Å²) in [6, 6.07) is 0.538. The number of hydrogen-bond donors (Lipinski definition) is 2. The van der Waals surface area contributed by atoms with Crippen molar-refractivity contribution in [3.8, 4) is 0 Å². The van der Waals surface area contributed by atoms with Gasteiger partial charge in [-0.25, -0.2) is 9.59 Å². The van der Waals surface area contributed by atoms with Crippen molar-refractivity contribution < 1.29 is 14.7 Å². The van der Waals surface area contributed by atoms with Crippen LogP contribution in [0.4, 0.5) is 4.79 Å². The predicted octanol–water partition coefficient (Wildman–Crippen LogP) is 2.10. The molecule has 2 aromatic heterocycles. The number of nitrogens with zero attached hydrogens (tertiary/aromatic N) is 2. The molecule has 0 radical (unpaired) electrons. The second kappa shape index (κ2) is 5.82. The van der Waals surface area contributed by atoms with Gasteiger partial charge >= 0.3 is 12.0 Å². The van der Waals surface area contributed by atoms with E-state index < -0.39 is 12.0 Å². The number of thiazole rings is 1. The molecular formula is C13H13N3O3S2. The van der Waals surface area contributed by atoms with Crippen LogP contribution in [0.1, 0.15) is 21.4 Å². The van der Waals surface area contributed by atoms with E-state index in [0.717, 1.165) is 15.3 Å². The summed E-state index contributed by atoms with van der Waals surface area (Å²) >= 11 is 2.99. The Morgan fingerprint density at radius 1 is 1.48 bits per heavy atom. The first-order chi connectivity index (χ1) is 10.2. The zero-order valence-electron chi connectivity index (χ0n) is 11.0. The molecule has 3 heterocycles. The van der Waals surface area contributed by atoms with Crippen LogP contribution < -0.4 is 5.32 Å². The molecule has 0 aromatic carbocycles. The Balaban J connectivity index is 1.74. The van der Waals surface area contributed by atoms with E-state index in [1.54, 1.807) is 29.1 Å². The zero-order valence-corrected chi connectivity index (χ0v) is 12.6. The van der Waals surface area contributed by atoms with Gasteiger partial charge in [-0.3, -0.25) is 4.98 Å². The number of hydrogen-bond acceptors (Lipinski definition) is 5. The van der Waals surface area contributed by atoms with Crippen molar-refractivity contribution in [2.75, 3.05) is 6.54 Å². The van der Waals surface area contributed by atoms with Crippen LogP contribution >= 0.6 is 22.7 Å². The monoisotopic (exact) mass is 323 g/mol. The first-order valence-electron chi connectivity index (χ1n) is 6.37. The molecule has 0 aliphatic carbocycles. The maximum absolute atomic E-state index is 12.3. The number of thiophene rings is 1. The van der Waals surface area contributed by atoms with Crippen LogP contribution in [-0.4, -0.2) is 33.5 Å². The Kier molecular flexibility index (Phi) is 3.89. The van der Waals surface area contributed by atoms with Crippen LogP contribution in [0.2, 0.25) is 0 Å². The van der Waals surface area contributed by atoms with Crippen molar-refractivity contribution in [3.63, 3.8) is 0 Å². The summed E-state index contributed by atoms with van der Waals surface area (Å²) in [4.78, 5) is 31.1. The van der Waals surface area contributed by atoms with Gasteiger partial charge in [0.1, 0.15) is 0 Å². The van der Waals surface area contributed by atoms with E-state index in [1.807, 2.05) is 5.38 Å². The molecule has 1 aliphatic heterocycles. The molecule has 110 valence electrons. The molecule has 1 aliphatic rings. The lowest BCUT2D eigenvalue weighted by atomic mass is 10.0. The molecule has 0 saturated carbocycles. The molecule has 8 heteroatoms. The fourth-order valence-corrected chi connectivity index (χ4v) is 3.83. The number of urea groups is 1. The maximum atomic E-state index is 12.3. The summed E-state index contributed by atoms with van der Waals surface area (Å²) in [5.41, 5.74) is 2.42. The van der Waals surface area contributed by atoms with Crippen LogP contribution in [0.25, 0.3) is 0 Å². The molecule has 0 fully saturated rings. The first kappa shape index (κ1) is 14.0. The molecule has 2 amide bonds. The van der Waals surface area contributed by atoms with Crippen molar-refractivity contribution in [2.24, 2.45) is 0 Å². The lowest BCUT2D eigenvalue weighted by Gasteiger charge is -2.33. The molecular weight excluding hydrogens is 310 g/mol. The van der Waals surface area contributed by atoms with Crippen LogP contribution in [0.15, 0.2) is 23.2 Å². The quantitative estimate of drug-likeness (QED) is 0.906. The predicted molar refractivity (Wildman–Crippen MR) is 79.5 cm³/mol. The van der Waals surface area contributed by atoms with Crippen LogP contribution in [0, 0.1) is 0 Å². The summed E-state index contributed by atoms with van der Waals surface area (Å²) < 4.78 is 0. The molecule has 2 aromatic rings. The molecule has 0 bridgehead atoms. The topological polar surface area (TPSA) is 82.5 Å². The number of fused-ring (bicyclic) bond motifs is 1. The molecule has 1 unspecified atom stereocenters. The summed E-state index contributed by atoms with van der Waals surface area (Å²) in [6.07, 6.45) is 2.39. The zero-order chi connectivity index (χ0) is 14.8. The molecule has 3 rings (SSSR count). The highest BCUT2D eigenvalue weighted by atomic mass is 32.1. The maximum Gasteiger partial charge on any atom is 0.331 e. The second-order valence-electron chi connectivity index (χ2n) is 4.61. The van der Waals surface area contributed by atoms with Crippen LogP contribution in [0.5, 0.6) is 0 Å². The SMILES string of the molecule is O=C(O)C1c2ccsc2CCN1C(=O)NCc1cncs1. The van der Waals surface area contributed by atoms with Crippen molar-refractivity contribution in [2.45, 2.75) is 19.0 Å². The normalized spacial score (nSPS) is 17.3. The summed E-state index contributed by atoms with van der Waals surface area (Å²) in [6.45, 7) is 0.780. The molecule has 2 N–H and O–H groups in total. The van der Waals surface area contributed by atoms with Gasteiger partial charge in [0.15, 0.2) is 6.04 Å². The Hall–Kier alpha value is -1.93. The minimum atomic E-state index is -0.998. The number of carboxylic acid groups (broad SMARTS) is 1. The van der Waals surface area contributed by atoms with Crippen LogP contribution in [-0.2, 0) is 17.8 Å². The molecule has 21 heavy (non-hydrogen) atoms. The highest BCUT2D eigenvalue weighted by Crippen LogP contribution is 2.33. The number of amides is 2. The van der Waals surface area contributed by atoms with Crippen molar-refractivity contribution >= 4 is 34.7 Å². The average molecular weight is 323 g/mol. The Bertz CT molecular complexity index is 653. The lowest BCUT2D eigenvalue weighted by molar-refractivity contribution is -0.142. The Morgan fingerprint density at radius 3 is 3.05 bits per heavy atom. The van der Waals surface area contributed by atoms with E-state index in [0.29, 0.717) is 19.5 Å². The fraction of sp³-hybridized carbons (Fsp3) is 0.308. The number of rotatable bonds is 3. The fourth-order valence-electron chi connectivity index (χ4n) is 2.40.